The van der Waals surface area contributed by atoms with Crippen molar-refractivity contribution >= 4 is 5.91 Å². The van der Waals surface area contributed by atoms with Gasteiger partial charge in [-0.2, -0.15) is 4.98 Å². The monoisotopic (exact) mass is 277 g/mol. The van der Waals surface area contributed by atoms with Crippen molar-refractivity contribution in [3.05, 3.63) is 23.4 Å². The third-order valence-electron chi connectivity index (χ3n) is 3.91. The quantitative estimate of drug-likeness (QED) is 0.838. The van der Waals surface area contributed by atoms with Gasteiger partial charge in [-0.3, -0.25) is 4.79 Å². The van der Waals surface area contributed by atoms with Gasteiger partial charge in [0.05, 0.1) is 5.92 Å². The fourth-order valence-corrected chi connectivity index (χ4v) is 2.69. The van der Waals surface area contributed by atoms with Crippen LogP contribution in [0.4, 0.5) is 0 Å². The fourth-order valence-electron chi connectivity index (χ4n) is 2.69. The van der Waals surface area contributed by atoms with Gasteiger partial charge in [0.15, 0.2) is 5.82 Å². The van der Waals surface area contributed by atoms with Crippen LogP contribution in [0.2, 0.25) is 0 Å². The molecule has 110 valence electrons. The van der Waals surface area contributed by atoms with Crippen molar-refractivity contribution in [1.82, 2.24) is 15.5 Å². The summed E-state index contributed by atoms with van der Waals surface area (Å²) >= 11 is 0. The Morgan fingerprint density at radius 1 is 1.45 bits per heavy atom. The highest BCUT2D eigenvalue weighted by atomic mass is 16.5. The third kappa shape index (κ3) is 3.08. The zero-order valence-electron chi connectivity index (χ0n) is 12.9. The molecule has 2 atom stereocenters. The Balaban J connectivity index is 1.82. The molecule has 2 rings (SSSR count). The lowest BCUT2D eigenvalue weighted by Gasteiger charge is -2.04. The number of aromatic nitrogens is 2. The molecule has 0 radical (unpaired) electrons. The Morgan fingerprint density at radius 3 is 2.70 bits per heavy atom. The molecule has 5 nitrogen and oxygen atoms in total. The molecule has 0 saturated heterocycles. The second-order valence-corrected chi connectivity index (χ2v) is 6.35. The number of carbonyl (C=O) groups excluding carboxylic acids is 1. The summed E-state index contributed by atoms with van der Waals surface area (Å²) in [5, 5.41) is 6.69. The lowest BCUT2D eigenvalue weighted by Crippen LogP contribution is -2.28. The standard InChI is InChI=1S/C15H23N3O2/c1-9(2)8-11-13(15(11,4)5)14(19)16-7-6-12-17-10(3)18-20-12/h8,11,13H,6-7H2,1-5H3,(H,16,19)/t11-,13-/m0/s1. The molecule has 1 heterocycles. The van der Waals surface area contributed by atoms with Crippen molar-refractivity contribution in [2.45, 2.75) is 41.0 Å². The summed E-state index contributed by atoms with van der Waals surface area (Å²) in [4.78, 5) is 16.3. The molecular weight excluding hydrogens is 254 g/mol. The van der Waals surface area contributed by atoms with Gasteiger partial charge in [-0.15, -0.1) is 0 Å². The van der Waals surface area contributed by atoms with Gasteiger partial charge in [0.2, 0.25) is 11.8 Å². The van der Waals surface area contributed by atoms with E-state index in [4.69, 9.17) is 4.52 Å². The van der Waals surface area contributed by atoms with Crippen molar-refractivity contribution in [2.24, 2.45) is 17.3 Å². The van der Waals surface area contributed by atoms with E-state index >= 15 is 0 Å². The SMILES string of the molecule is CC(C)=C[C@H]1[C@@H](C(=O)NCCc2nc(C)no2)C1(C)C. The Bertz CT molecular complexity index is 527. The van der Waals surface area contributed by atoms with Crippen LogP contribution in [-0.4, -0.2) is 22.6 Å². The molecule has 0 spiro atoms. The first kappa shape index (κ1) is 14.8. The highest BCUT2D eigenvalue weighted by Crippen LogP contribution is 2.59. The van der Waals surface area contributed by atoms with Crippen LogP contribution in [0.3, 0.4) is 0 Å². The summed E-state index contributed by atoms with van der Waals surface area (Å²) < 4.78 is 5.01. The second-order valence-electron chi connectivity index (χ2n) is 6.35. The third-order valence-corrected chi connectivity index (χ3v) is 3.91. The Labute approximate surface area is 119 Å². The smallest absolute Gasteiger partial charge is 0.228 e. The molecule has 1 saturated carbocycles. The maximum absolute atomic E-state index is 12.2. The highest BCUT2D eigenvalue weighted by molar-refractivity contribution is 5.83. The van der Waals surface area contributed by atoms with Crippen molar-refractivity contribution in [2.75, 3.05) is 6.54 Å². The number of hydrogen-bond donors (Lipinski definition) is 1. The molecule has 0 bridgehead atoms. The van der Waals surface area contributed by atoms with Crippen LogP contribution in [0.5, 0.6) is 0 Å². The van der Waals surface area contributed by atoms with Crippen molar-refractivity contribution in [3.8, 4) is 0 Å². The topological polar surface area (TPSA) is 68.0 Å². The van der Waals surface area contributed by atoms with E-state index in [1.54, 1.807) is 6.92 Å². The number of allylic oxidation sites excluding steroid dienone is 2. The van der Waals surface area contributed by atoms with Crippen molar-refractivity contribution < 1.29 is 9.32 Å². The molecule has 20 heavy (non-hydrogen) atoms. The molecule has 1 amide bonds. The molecule has 1 aromatic rings. The fraction of sp³-hybridized carbons (Fsp3) is 0.667. The van der Waals surface area contributed by atoms with Gasteiger partial charge in [-0.05, 0) is 32.1 Å². The van der Waals surface area contributed by atoms with Crippen LogP contribution in [0.25, 0.3) is 0 Å². The van der Waals surface area contributed by atoms with E-state index in [1.165, 1.54) is 5.57 Å². The first-order valence-corrected chi connectivity index (χ1v) is 7.04. The summed E-state index contributed by atoms with van der Waals surface area (Å²) in [6.07, 6.45) is 2.78. The van der Waals surface area contributed by atoms with E-state index in [2.05, 4.69) is 49.2 Å². The van der Waals surface area contributed by atoms with Crippen LogP contribution < -0.4 is 5.32 Å². The Hall–Kier alpha value is -1.65. The summed E-state index contributed by atoms with van der Waals surface area (Å²) in [5.41, 5.74) is 1.32. The van der Waals surface area contributed by atoms with Crippen LogP contribution in [0.1, 0.15) is 39.4 Å². The molecular formula is C15H23N3O2. The maximum atomic E-state index is 12.2. The number of hydrogen-bond acceptors (Lipinski definition) is 4. The summed E-state index contributed by atoms with van der Waals surface area (Å²) in [5.74, 6) is 1.73. The lowest BCUT2D eigenvalue weighted by molar-refractivity contribution is -0.123. The van der Waals surface area contributed by atoms with Crippen LogP contribution >= 0.6 is 0 Å². The van der Waals surface area contributed by atoms with Crippen molar-refractivity contribution in [3.63, 3.8) is 0 Å². The zero-order valence-corrected chi connectivity index (χ0v) is 12.9. The first-order chi connectivity index (χ1) is 9.32. The summed E-state index contributed by atoms with van der Waals surface area (Å²) in [7, 11) is 0. The van der Waals surface area contributed by atoms with E-state index in [0.29, 0.717) is 30.6 Å². The molecule has 1 N–H and O–H groups in total. The van der Waals surface area contributed by atoms with E-state index in [1.807, 2.05) is 0 Å². The highest BCUT2D eigenvalue weighted by Gasteiger charge is 2.60. The van der Waals surface area contributed by atoms with E-state index in [9.17, 15) is 4.79 Å². The summed E-state index contributed by atoms with van der Waals surface area (Å²) in [6, 6.07) is 0. The van der Waals surface area contributed by atoms with Crippen LogP contribution in [0.15, 0.2) is 16.2 Å². The first-order valence-electron chi connectivity index (χ1n) is 7.04. The van der Waals surface area contributed by atoms with Gasteiger partial charge >= 0.3 is 0 Å². The van der Waals surface area contributed by atoms with Crippen LogP contribution in [-0.2, 0) is 11.2 Å². The van der Waals surface area contributed by atoms with Gasteiger partial charge < -0.3 is 9.84 Å². The molecule has 0 unspecified atom stereocenters. The number of aryl methyl sites for hydroxylation is 1. The van der Waals surface area contributed by atoms with E-state index < -0.39 is 0 Å². The van der Waals surface area contributed by atoms with Gasteiger partial charge in [0.25, 0.3) is 0 Å². The Morgan fingerprint density at radius 2 is 2.15 bits per heavy atom. The zero-order chi connectivity index (χ0) is 14.9. The van der Waals surface area contributed by atoms with Crippen LogP contribution in [0, 0.1) is 24.2 Å². The lowest BCUT2D eigenvalue weighted by atomic mass is 10.1. The van der Waals surface area contributed by atoms with Gasteiger partial charge in [0.1, 0.15) is 0 Å². The van der Waals surface area contributed by atoms with Crippen molar-refractivity contribution in [1.29, 1.82) is 0 Å². The molecule has 0 aliphatic heterocycles. The Kier molecular flexibility index (Phi) is 3.97. The predicted octanol–water partition coefficient (Wildman–Crippen LogP) is 2.28. The number of nitrogens with zero attached hydrogens (tertiary/aromatic N) is 2. The number of rotatable bonds is 5. The van der Waals surface area contributed by atoms with E-state index in [0.717, 1.165) is 0 Å². The largest absolute Gasteiger partial charge is 0.355 e. The summed E-state index contributed by atoms with van der Waals surface area (Å²) in [6.45, 7) is 10.7. The van der Waals surface area contributed by atoms with E-state index in [-0.39, 0.29) is 17.2 Å². The average molecular weight is 277 g/mol. The second kappa shape index (κ2) is 5.38. The minimum absolute atomic E-state index is 0.0580. The number of nitrogens with one attached hydrogen (secondary N) is 1. The minimum Gasteiger partial charge on any atom is -0.355 e. The molecule has 1 aliphatic rings. The molecule has 1 aromatic heterocycles. The predicted molar refractivity (Wildman–Crippen MR) is 75.9 cm³/mol. The van der Waals surface area contributed by atoms with Gasteiger partial charge in [0, 0.05) is 13.0 Å². The number of amides is 1. The average Bonchev–Trinajstić information content (AvgIpc) is 2.68. The molecule has 1 aliphatic carbocycles. The minimum atomic E-state index is 0.0580. The molecule has 1 fully saturated rings. The maximum Gasteiger partial charge on any atom is 0.228 e. The normalized spacial score (nSPS) is 23.2. The van der Waals surface area contributed by atoms with Gasteiger partial charge in [-0.1, -0.05) is 30.7 Å². The molecule has 0 aromatic carbocycles. The number of carbonyl (C=O) groups is 1. The molecule has 5 heteroatoms. The van der Waals surface area contributed by atoms with Gasteiger partial charge in [-0.25, -0.2) is 0 Å².